The Balaban J connectivity index is 2.55. The lowest BCUT2D eigenvalue weighted by atomic mass is 10.2. The average molecular weight is 219 g/mol. The Morgan fingerprint density at radius 1 is 1.25 bits per heavy atom. The first-order chi connectivity index (χ1) is 7.56. The number of rotatable bonds is 2. The van der Waals surface area contributed by atoms with Gasteiger partial charge in [0.15, 0.2) is 0 Å². The fourth-order valence-corrected chi connectivity index (χ4v) is 1.67. The molecule has 2 rings (SSSR count). The average Bonchev–Trinajstić information content (AvgIpc) is 2.18. The molecule has 84 valence electrons. The molecule has 1 heterocycles. The van der Waals surface area contributed by atoms with E-state index in [-0.39, 0.29) is 5.82 Å². The molecule has 0 atom stereocenters. The quantitative estimate of drug-likeness (QED) is 0.774. The van der Waals surface area contributed by atoms with Crippen LogP contribution in [0.2, 0.25) is 0 Å². The Morgan fingerprint density at radius 2 is 2.00 bits per heavy atom. The zero-order chi connectivity index (χ0) is 11.7. The molecule has 0 unspecified atom stereocenters. The Labute approximate surface area is 93.9 Å². The van der Waals surface area contributed by atoms with Gasteiger partial charge < -0.3 is 4.90 Å². The van der Waals surface area contributed by atoms with Crippen molar-refractivity contribution < 1.29 is 4.39 Å². The van der Waals surface area contributed by atoms with Crippen molar-refractivity contribution in [1.29, 1.82) is 0 Å². The van der Waals surface area contributed by atoms with Crippen LogP contribution in [-0.2, 0) is 6.54 Å². The van der Waals surface area contributed by atoms with Gasteiger partial charge in [0.1, 0.15) is 11.6 Å². The summed E-state index contributed by atoms with van der Waals surface area (Å²) >= 11 is 0. The first-order valence-corrected chi connectivity index (χ1v) is 5.14. The summed E-state index contributed by atoms with van der Waals surface area (Å²) < 4.78 is 13.1. The molecule has 0 radical (unpaired) electrons. The molecule has 0 saturated carbocycles. The van der Waals surface area contributed by atoms with E-state index in [9.17, 15) is 4.39 Å². The third-order valence-electron chi connectivity index (χ3n) is 2.35. The van der Waals surface area contributed by atoms with E-state index in [1.54, 1.807) is 6.07 Å². The normalized spacial score (nSPS) is 11.3. The number of halogens is 1. The molecule has 0 bridgehead atoms. The Morgan fingerprint density at radius 3 is 2.69 bits per heavy atom. The van der Waals surface area contributed by atoms with Crippen LogP contribution in [-0.4, -0.2) is 29.0 Å². The van der Waals surface area contributed by atoms with E-state index in [0.717, 1.165) is 22.4 Å². The summed E-state index contributed by atoms with van der Waals surface area (Å²) in [5, 5.41) is 0.780. The van der Waals surface area contributed by atoms with Crippen molar-refractivity contribution in [2.75, 3.05) is 14.1 Å². The van der Waals surface area contributed by atoms with Gasteiger partial charge in [-0.2, -0.15) is 0 Å². The molecule has 0 aliphatic rings. The molecule has 0 N–H and O–H groups in total. The van der Waals surface area contributed by atoms with Crippen molar-refractivity contribution in [3.63, 3.8) is 0 Å². The summed E-state index contributed by atoms with van der Waals surface area (Å²) in [6.07, 6.45) is 0. The van der Waals surface area contributed by atoms with Crippen LogP contribution in [0, 0.1) is 12.7 Å². The molecule has 0 saturated heterocycles. The van der Waals surface area contributed by atoms with E-state index in [1.807, 2.05) is 25.9 Å². The number of hydrogen-bond donors (Lipinski definition) is 0. The van der Waals surface area contributed by atoms with Gasteiger partial charge in [0.2, 0.25) is 0 Å². The first-order valence-electron chi connectivity index (χ1n) is 5.14. The van der Waals surface area contributed by atoms with E-state index in [1.165, 1.54) is 12.1 Å². The summed E-state index contributed by atoms with van der Waals surface area (Å²) in [6, 6.07) is 4.59. The molecule has 0 amide bonds. The fraction of sp³-hybridized carbons (Fsp3) is 0.333. The summed E-state index contributed by atoms with van der Waals surface area (Å²) in [6.45, 7) is 2.57. The number of nitrogens with zero attached hydrogens (tertiary/aromatic N) is 3. The highest BCUT2D eigenvalue weighted by atomic mass is 19.1. The van der Waals surface area contributed by atoms with Gasteiger partial charge in [0.05, 0.1) is 12.1 Å². The van der Waals surface area contributed by atoms with Crippen LogP contribution in [0.15, 0.2) is 18.2 Å². The molecular formula is C12H14FN3. The van der Waals surface area contributed by atoms with Crippen molar-refractivity contribution in [2.24, 2.45) is 0 Å². The zero-order valence-electron chi connectivity index (χ0n) is 9.66. The van der Waals surface area contributed by atoms with Crippen LogP contribution in [0.1, 0.15) is 11.5 Å². The monoisotopic (exact) mass is 219 g/mol. The lowest BCUT2D eigenvalue weighted by Gasteiger charge is -2.10. The minimum Gasteiger partial charge on any atom is -0.302 e. The molecule has 1 aromatic carbocycles. The minimum atomic E-state index is -0.250. The molecule has 2 aromatic rings. The molecule has 4 heteroatoms. The molecule has 0 fully saturated rings. The van der Waals surface area contributed by atoms with Gasteiger partial charge in [0.25, 0.3) is 0 Å². The van der Waals surface area contributed by atoms with Gasteiger partial charge in [0, 0.05) is 11.1 Å². The third-order valence-corrected chi connectivity index (χ3v) is 2.35. The fourth-order valence-electron chi connectivity index (χ4n) is 1.67. The van der Waals surface area contributed by atoms with Crippen molar-refractivity contribution in [1.82, 2.24) is 14.9 Å². The molecule has 16 heavy (non-hydrogen) atoms. The second-order valence-corrected chi connectivity index (χ2v) is 4.12. The summed E-state index contributed by atoms with van der Waals surface area (Å²) in [4.78, 5) is 10.8. The van der Waals surface area contributed by atoms with Crippen LogP contribution in [0.3, 0.4) is 0 Å². The summed E-state index contributed by atoms with van der Waals surface area (Å²) in [7, 11) is 3.93. The van der Waals surface area contributed by atoms with Crippen molar-refractivity contribution in [3.8, 4) is 0 Å². The van der Waals surface area contributed by atoms with E-state index >= 15 is 0 Å². The van der Waals surface area contributed by atoms with E-state index < -0.39 is 0 Å². The zero-order valence-corrected chi connectivity index (χ0v) is 9.66. The van der Waals surface area contributed by atoms with Crippen molar-refractivity contribution >= 4 is 10.9 Å². The Bertz CT molecular complexity index is 523. The topological polar surface area (TPSA) is 29.0 Å². The molecule has 1 aromatic heterocycles. The van der Waals surface area contributed by atoms with Crippen molar-refractivity contribution in [3.05, 3.63) is 35.5 Å². The van der Waals surface area contributed by atoms with Gasteiger partial charge in [-0.05, 0) is 39.2 Å². The standard InChI is InChI=1S/C12H14FN3/c1-8-10-6-9(13)4-5-11(10)15-12(14-8)7-16(2)3/h4-6H,7H2,1-3H3. The number of aryl methyl sites for hydroxylation is 1. The van der Waals surface area contributed by atoms with Crippen LogP contribution >= 0.6 is 0 Å². The minimum absolute atomic E-state index is 0.250. The number of benzene rings is 1. The highest BCUT2D eigenvalue weighted by Gasteiger charge is 2.06. The molecule has 3 nitrogen and oxygen atoms in total. The van der Waals surface area contributed by atoms with Crippen molar-refractivity contribution in [2.45, 2.75) is 13.5 Å². The second kappa shape index (κ2) is 4.14. The Hall–Kier alpha value is -1.55. The molecule has 0 aliphatic heterocycles. The highest BCUT2D eigenvalue weighted by Crippen LogP contribution is 2.16. The van der Waals surface area contributed by atoms with Crippen LogP contribution in [0.4, 0.5) is 4.39 Å². The SMILES string of the molecule is Cc1nc(CN(C)C)nc2ccc(F)cc12. The molecule has 0 spiro atoms. The lowest BCUT2D eigenvalue weighted by Crippen LogP contribution is -2.14. The Kier molecular flexibility index (Phi) is 2.83. The second-order valence-electron chi connectivity index (χ2n) is 4.12. The number of aromatic nitrogens is 2. The maximum absolute atomic E-state index is 13.1. The highest BCUT2D eigenvalue weighted by molar-refractivity contribution is 5.80. The van der Waals surface area contributed by atoms with Crippen LogP contribution < -0.4 is 0 Å². The maximum Gasteiger partial charge on any atom is 0.143 e. The summed E-state index contributed by atoms with van der Waals surface area (Å²) in [5.41, 5.74) is 1.62. The van der Waals surface area contributed by atoms with E-state index in [0.29, 0.717) is 6.54 Å². The lowest BCUT2D eigenvalue weighted by molar-refractivity contribution is 0.390. The molecule has 0 aliphatic carbocycles. The first kappa shape index (κ1) is 11.0. The van der Waals surface area contributed by atoms with Gasteiger partial charge in [-0.15, -0.1) is 0 Å². The molecular weight excluding hydrogens is 205 g/mol. The van der Waals surface area contributed by atoms with Gasteiger partial charge in [-0.1, -0.05) is 0 Å². The van der Waals surface area contributed by atoms with Crippen LogP contribution in [0.25, 0.3) is 10.9 Å². The number of fused-ring (bicyclic) bond motifs is 1. The summed E-state index contributed by atoms with van der Waals surface area (Å²) in [5.74, 6) is 0.515. The third kappa shape index (κ3) is 2.17. The van der Waals surface area contributed by atoms with Crippen LogP contribution in [0.5, 0.6) is 0 Å². The largest absolute Gasteiger partial charge is 0.302 e. The maximum atomic E-state index is 13.1. The van der Waals surface area contributed by atoms with Gasteiger partial charge in [-0.3, -0.25) is 0 Å². The van der Waals surface area contributed by atoms with E-state index in [2.05, 4.69) is 9.97 Å². The smallest absolute Gasteiger partial charge is 0.143 e. The van der Waals surface area contributed by atoms with E-state index in [4.69, 9.17) is 0 Å². The predicted octanol–water partition coefficient (Wildman–Crippen LogP) is 2.14. The van der Waals surface area contributed by atoms with Gasteiger partial charge >= 0.3 is 0 Å². The number of hydrogen-bond acceptors (Lipinski definition) is 3. The van der Waals surface area contributed by atoms with Gasteiger partial charge in [-0.25, -0.2) is 14.4 Å². The predicted molar refractivity (Wildman–Crippen MR) is 61.6 cm³/mol.